The van der Waals surface area contributed by atoms with Gasteiger partial charge in [-0.25, -0.2) is 9.13 Å². The highest BCUT2D eigenvalue weighted by molar-refractivity contribution is 7.47. The molecule has 0 heterocycles. The van der Waals surface area contributed by atoms with Crippen LogP contribution in [0.1, 0.15) is 465 Å². The Morgan fingerprint density at radius 2 is 0.481 bits per heavy atom. The van der Waals surface area contributed by atoms with E-state index in [1.807, 2.05) is 0 Å². The summed E-state index contributed by atoms with van der Waals surface area (Å²) in [5.41, 5.74) is 0. The largest absolute Gasteiger partial charge is 0.472 e. The van der Waals surface area contributed by atoms with Gasteiger partial charge in [0.25, 0.3) is 0 Å². The molecule has 0 aromatic heterocycles. The van der Waals surface area contributed by atoms with Crippen LogP contribution in [-0.4, -0.2) is 96.7 Å². The van der Waals surface area contributed by atoms with Gasteiger partial charge in [-0.15, -0.1) is 0 Å². The standard InChI is InChI=1S/C87H170O17P2/c1-7-10-12-14-16-18-20-22-24-26-28-30-32-34-36-38-40-42-46-50-57-63-69-84(89)97-75-82(103-86(91)71-65-59-51-47-43-41-39-37-35-33-31-29-27-25-23-21-19-17-15-13-11-8-2)77-101-105(93,94)99-73-81(88)74-100-106(95,96)102-78-83(76-98-85(90)70-64-58-54-53-56-62-68-80(6)9-3)104-87(92)72-66-60-52-48-44-45-49-55-61-67-79(4)5/h79-83,88H,7-78H2,1-6H3,(H,93,94)(H,95,96)/t80?,81-,82-,83-/m1/s1. The molecule has 0 saturated carbocycles. The van der Waals surface area contributed by atoms with Crippen LogP contribution >= 0.6 is 15.6 Å². The molecule has 6 atom stereocenters. The SMILES string of the molecule is CCCCCCCCCCCCCCCCCCCCCCCCC(=O)OC[C@H](COP(=O)(O)OC[C@@H](O)COP(=O)(O)OC[C@@H](COC(=O)CCCCCCCCC(C)CC)OC(=O)CCCCCCCCCCCC(C)C)OC(=O)CCCCCCCCCCCCCCCCCCCCCCCC. The first kappa shape index (κ1) is 104. The maximum absolute atomic E-state index is 13.2. The number of phosphoric acid groups is 2. The Labute approximate surface area is 651 Å². The summed E-state index contributed by atoms with van der Waals surface area (Å²) < 4.78 is 68.8. The number of unbranched alkanes of at least 4 members (excludes halogenated alkanes) is 55. The highest BCUT2D eigenvalue weighted by Gasteiger charge is 2.30. The Hall–Kier alpha value is -1.94. The number of carbonyl (C=O) groups excluding carboxylic acids is 4. The number of carbonyl (C=O) groups is 4. The minimum absolute atomic E-state index is 0.105. The van der Waals surface area contributed by atoms with Crippen molar-refractivity contribution in [2.45, 2.75) is 484 Å². The molecule has 0 bridgehead atoms. The second-order valence-electron chi connectivity index (χ2n) is 32.0. The Bertz CT molecular complexity index is 2030. The van der Waals surface area contributed by atoms with Crippen molar-refractivity contribution in [2.24, 2.45) is 11.8 Å². The lowest BCUT2D eigenvalue weighted by Gasteiger charge is -2.21. The van der Waals surface area contributed by atoms with Gasteiger partial charge in [0.2, 0.25) is 0 Å². The zero-order valence-corrected chi connectivity index (χ0v) is 71.5. The minimum atomic E-state index is -4.97. The lowest BCUT2D eigenvalue weighted by atomic mass is 10.00. The molecule has 0 aromatic rings. The van der Waals surface area contributed by atoms with Gasteiger partial charge in [-0.05, 0) is 37.5 Å². The van der Waals surface area contributed by atoms with Gasteiger partial charge < -0.3 is 33.8 Å². The normalized spacial score (nSPS) is 14.1. The van der Waals surface area contributed by atoms with E-state index >= 15 is 0 Å². The first-order valence-corrected chi connectivity index (χ1v) is 48.0. The molecule has 0 aliphatic carbocycles. The molecule has 3 unspecified atom stereocenters. The zero-order valence-electron chi connectivity index (χ0n) is 69.7. The van der Waals surface area contributed by atoms with Crippen LogP contribution in [0.25, 0.3) is 0 Å². The molecule has 0 aliphatic heterocycles. The number of phosphoric ester groups is 2. The van der Waals surface area contributed by atoms with Gasteiger partial charge in [0, 0.05) is 25.7 Å². The summed E-state index contributed by atoms with van der Waals surface area (Å²) >= 11 is 0. The van der Waals surface area contributed by atoms with E-state index in [0.29, 0.717) is 25.7 Å². The first-order chi connectivity index (χ1) is 51.4. The van der Waals surface area contributed by atoms with Crippen molar-refractivity contribution in [3.05, 3.63) is 0 Å². The molecule has 0 spiro atoms. The van der Waals surface area contributed by atoms with Crippen LogP contribution in [0.5, 0.6) is 0 Å². The zero-order chi connectivity index (χ0) is 77.8. The second-order valence-corrected chi connectivity index (χ2v) is 34.9. The predicted octanol–water partition coefficient (Wildman–Crippen LogP) is 26.6. The topological polar surface area (TPSA) is 237 Å². The minimum Gasteiger partial charge on any atom is -0.462 e. The average Bonchev–Trinajstić information content (AvgIpc) is 0.901. The summed E-state index contributed by atoms with van der Waals surface area (Å²) in [6.07, 6.45) is 71.3. The molecule has 19 heteroatoms. The van der Waals surface area contributed by atoms with Gasteiger partial charge in [-0.1, -0.05) is 414 Å². The third-order valence-corrected chi connectivity index (χ3v) is 22.7. The molecule has 0 aliphatic rings. The highest BCUT2D eigenvalue weighted by Crippen LogP contribution is 2.45. The summed E-state index contributed by atoms with van der Waals surface area (Å²) in [5, 5.41) is 10.7. The number of rotatable bonds is 86. The fourth-order valence-corrected chi connectivity index (χ4v) is 15.1. The summed E-state index contributed by atoms with van der Waals surface area (Å²) in [6.45, 7) is 9.59. The number of hydrogen-bond donors (Lipinski definition) is 3. The van der Waals surface area contributed by atoms with E-state index in [9.17, 15) is 43.2 Å². The monoisotopic (exact) mass is 1550 g/mol. The van der Waals surface area contributed by atoms with Gasteiger partial charge in [0.15, 0.2) is 12.2 Å². The number of hydrogen-bond acceptors (Lipinski definition) is 15. The Morgan fingerprint density at radius 3 is 0.717 bits per heavy atom. The van der Waals surface area contributed by atoms with Gasteiger partial charge in [0.1, 0.15) is 19.3 Å². The molecular weight excluding hydrogens is 1380 g/mol. The van der Waals surface area contributed by atoms with E-state index < -0.39 is 97.5 Å². The second kappa shape index (κ2) is 78.3. The van der Waals surface area contributed by atoms with Crippen molar-refractivity contribution >= 4 is 39.5 Å². The van der Waals surface area contributed by atoms with E-state index in [0.717, 1.165) is 108 Å². The number of ether oxygens (including phenoxy) is 4. The van der Waals surface area contributed by atoms with Crippen LogP contribution in [0.4, 0.5) is 0 Å². The lowest BCUT2D eigenvalue weighted by Crippen LogP contribution is -2.30. The van der Waals surface area contributed by atoms with Gasteiger partial charge in [-0.2, -0.15) is 0 Å². The third-order valence-electron chi connectivity index (χ3n) is 20.8. The molecule has 0 fully saturated rings. The first-order valence-electron chi connectivity index (χ1n) is 45.0. The van der Waals surface area contributed by atoms with Crippen molar-refractivity contribution in [1.29, 1.82) is 0 Å². The molecule has 0 radical (unpaired) electrons. The van der Waals surface area contributed by atoms with Crippen molar-refractivity contribution < 1.29 is 80.2 Å². The Balaban J connectivity index is 5.18. The summed E-state index contributed by atoms with van der Waals surface area (Å²) in [7, 11) is -9.93. The maximum atomic E-state index is 13.2. The third kappa shape index (κ3) is 78.7. The molecule has 3 N–H and O–H groups in total. The Morgan fingerprint density at radius 1 is 0.274 bits per heavy atom. The molecule has 0 rings (SSSR count). The smallest absolute Gasteiger partial charge is 0.462 e. The van der Waals surface area contributed by atoms with Crippen LogP contribution in [-0.2, 0) is 65.4 Å². The van der Waals surface area contributed by atoms with Crippen LogP contribution in [0, 0.1) is 11.8 Å². The van der Waals surface area contributed by atoms with Crippen molar-refractivity contribution in [3.63, 3.8) is 0 Å². The summed E-state index contributed by atoms with van der Waals surface area (Å²) in [5.74, 6) is -0.640. The summed E-state index contributed by atoms with van der Waals surface area (Å²) in [4.78, 5) is 73.2. The maximum Gasteiger partial charge on any atom is 0.472 e. The fourth-order valence-electron chi connectivity index (χ4n) is 13.6. The molecule has 17 nitrogen and oxygen atoms in total. The van der Waals surface area contributed by atoms with E-state index in [2.05, 4.69) is 41.5 Å². The van der Waals surface area contributed by atoms with Crippen molar-refractivity contribution in [1.82, 2.24) is 0 Å². The number of aliphatic hydroxyl groups excluding tert-OH is 1. The number of esters is 4. The van der Waals surface area contributed by atoms with Crippen molar-refractivity contribution in [3.8, 4) is 0 Å². The Kier molecular flexibility index (Phi) is 76.9. The average molecular weight is 1550 g/mol. The lowest BCUT2D eigenvalue weighted by molar-refractivity contribution is -0.161. The van der Waals surface area contributed by atoms with E-state index in [1.165, 1.54) is 276 Å². The number of aliphatic hydroxyl groups is 1. The van der Waals surface area contributed by atoms with Crippen molar-refractivity contribution in [2.75, 3.05) is 39.6 Å². The van der Waals surface area contributed by atoms with E-state index in [1.54, 1.807) is 0 Å². The van der Waals surface area contributed by atoms with Crippen LogP contribution < -0.4 is 0 Å². The molecule has 0 saturated heterocycles. The van der Waals surface area contributed by atoms with Gasteiger partial charge >= 0.3 is 39.5 Å². The van der Waals surface area contributed by atoms with Gasteiger partial charge in [0.05, 0.1) is 26.4 Å². The van der Waals surface area contributed by atoms with E-state index in [4.69, 9.17) is 37.0 Å². The highest BCUT2D eigenvalue weighted by atomic mass is 31.2. The van der Waals surface area contributed by atoms with Crippen LogP contribution in [0.2, 0.25) is 0 Å². The molecule has 0 amide bonds. The molecule has 0 aromatic carbocycles. The van der Waals surface area contributed by atoms with E-state index in [-0.39, 0.29) is 25.7 Å². The molecule has 106 heavy (non-hydrogen) atoms. The van der Waals surface area contributed by atoms with Gasteiger partial charge in [-0.3, -0.25) is 37.3 Å². The molecule has 630 valence electrons. The van der Waals surface area contributed by atoms with Crippen LogP contribution in [0.3, 0.4) is 0 Å². The summed E-state index contributed by atoms with van der Waals surface area (Å²) in [6, 6.07) is 0. The predicted molar refractivity (Wildman–Crippen MR) is 437 cm³/mol. The van der Waals surface area contributed by atoms with Crippen LogP contribution in [0.15, 0.2) is 0 Å². The fraction of sp³-hybridized carbons (Fsp3) is 0.954. The quantitative estimate of drug-likeness (QED) is 0.0222. The molecular formula is C87H170O17P2.